The summed E-state index contributed by atoms with van der Waals surface area (Å²) in [7, 11) is 1.83. The average molecular weight is 287 g/mol. The van der Waals surface area contributed by atoms with Gasteiger partial charge in [0.2, 0.25) is 5.95 Å². The molecule has 1 aromatic carbocycles. The maximum atomic E-state index is 4.50. The van der Waals surface area contributed by atoms with Crippen molar-refractivity contribution >= 4 is 17.7 Å². The van der Waals surface area contributed by atoms with Gasteiger partial charge in [-0.1, -0.05) is 44.7 Å². The zero-order chi connectivity index (χ0) is 14.8. The highest BCUT2D eigenvalue weighted by molar-refractivity contribution is 7.99. The Labute approximate surface area is 125 Å². The topological polar surface area (TPSA) is 37.8 Å². The molecule has 20 heavy (non-hydrogen) atoms. The summed E-state index contributed by atoms with van der Waals surface area (Å²) in [4.78, 5) is 9.90. The van der Waals surface area contributed by atoms with Crippen LogP contribution in [0.5, 0.6) is 0 Å². The van der Waals surface area contributed by atoms with Gasteiger partial charge in [0.05, 0.1) is 0 Å². The SMILES string of the molecule is CNc1ncc(C)c(Sc2ccc(C(C)(C)C)cc2)n1. The van der Waals surface area contributed by atoms with E-state index in [0.717, 1.165) is 10.6 Å². The van der Waals surface area contributed by atoms with Crippen LogP contribution in [0.2, 0.25) is 0 Å². The van der Waals surface area contributed by atoms with Crippen LogP contribution in [0.15, 0.2) is 40.4 Å². The third-order valence-corrected chi connectivity index (χ3v) is 4.20. The van der Waals surface area contributed by atoms with Gasteiger partial charge in [0.15, 0.2) is 0 Å². The molecule has 0 aliphatic carbocycles. The highest BCUT2D eigenvalue weighted by Gasteiger charge is 2.13. The summed E-state index contributed by atoms with van der Waals surface area (Å²) in [6, 6.07) is 8.70. The number of nitrogens with zero attached hydrogens (tertiary/aromatic N) is 2. The van der Waals surface area contributed by atoms with Crippen molar-refractivity contribution in [3.8, 4) is 0 Å². The molecule has 0 radical (unpaired) electrons. The van der Waals surface area contributed by atoms with Crippen LogP contribution in [0.1, 0.15) is 31.9 Å². The van der Waals surface area contributed by atoms with Crippen LogP contribution in [0.25, 0.3) is 0 Å². The lowest BCUT2D eigenvalue weighted by molar-refractivity contribution is 0.590. The van der Waals surface area contributed by atoms with Crippen LogP contribution in [0, 0.1) is 6.92 Å². The highest BCUT2D eigenvalue weighted by Crippen LogP contribution is 2.31. The quantitative estimate of drug-likeness (QED) is 0.855. The lowest BCUT2D eigenvalue weighted by Crippen LogP contribution is -2.10. The minimum Gasteiger partial charge on any atom is -0.357 e. The van der Waals surface area contributed by atoms with Crippen LogP contribution in [-0.2, 0) is 5.41 Å². The fourth-order valence-corrected chi connectivity index (χ4v) is 2.63. The lowest BCUT2D eigenvalue weighted by Gasteiger charge is -2.19. The Morgan fingerprint density at radius 1 is 1.10 bits per heavy atom. The zero-order valence-corrected chi connectivity index (χ0v) is 13.5. The van der Waals surface area contributed by atoms with E-state index < -0.39 is 0 Å². The average Bonchev–Trinajstić information content (AvgIpc) is 2.41. The molecule has 0 fully saturated rings. The molecule has 2 aromatic rings. The predicted octanol–water partition coefficient (Wildman–Crippen LogP) is 4.28. The van der Waals surface area contributed by atoms with Gasteiger partial charge in [-0.3, -0.25) is 0 Å². The molecule has 4 heteroatoms. The molecule has 2 rings (SSSR count). The Morgan fingerprint density at radius 2 is 1.75 bits per heavy atom. The van der Waals surface area contributed by atoms with E-state index in [-0.39, 0.29) is 5.41 Å². The molecule has 0 aliphatic heterocycles. The monoisotopic (exact) mass is 287 g/mol. The van der Waals surface area contributed by atoms with E-state index in [1.807, 2.05) is 20.2 Å². The van der Waals surface area contributed by atoms with E-state index in [0.29, 0.717) is 5.95 Å². The molecule has 0 aliphatic rings. The van der Waals surface area contributed by atoms with Crippen molar-refractivity contribution in [1.82, 2.24) is 9.97 Å². The van der Waals surface area contributed by atoms with Gasteiger partial charge in [-0.15, -0.1) is 0 Å². The van der Waals surface area contributed by atoms with E-state index in [2.05, 4.69) is 60.3 Å². The number of aryl methyl sites for hydroxylation is 1. The normalized spacial score (nSPS) is 11.4. The Bertz CT molecular complexity index is 586. The molecule has 0 bridgehead atoms. The first-order chi connectivity index (χ1) is 9.40. The molecule has 0 unspecified atom stereocenters. The third kappa shape index (κ3) is 3.51. The van der Waals surface area contributed by atoms with Gasteiger partial charge in [-0.05, 0) is 30.0 Å². The summed E-state index contributed by atoms with van der Waals surface area (Å²) in [6.07, 6.45) is 1.85. The molecule has 1 aromatic heterocycles. The summed E-state index contributed by atoms with van der Waals surface area (Å²) in [6.45, 7) is 8.71. The van der Waals surface area contributed by atoms with E-state index >= 15 is 0 Å². The summed E-state index contributed by atoms with van der Waals surface area (Å²) in [5.41, 5.74) is 2.62. The minimum atomic E-state index is 0.188. The van der Waals surface area contributed by atoms with Gasteiger partial charge >= 0.3 is 0 Å². The molecule has 1 heterocycles. The summed E-state index contributed by atoms with van der Waals surface area (Å²) in [5, 5.41) is 3.97. The Morgan fingerprint density at radius 3 is 2.30 bits per heavy atom. The standard InChI is InChI=1S/C16H21N3S/c1-11-10-18-15(17-5)19-14(11)20-13-8-6-12(7-9-13)16(2,3)4/h6-10H,1-5H3,(H,17,18,19). The molecule has 3 nitrogen and oxygen atoms in total. The van der Waals surface area contributed by atoms with Crippen LogP contribution in [0.3, 0.4) is 0 Å². The number of rotatable bonds is 3. The van der Waals surface area contributed by atoms with Gasteiger partial charge in [-0.2, -0.15) is 0 Å². The van der Waals surface area contributed by atoms with E-state index in [4.69, 9.17) is 0 Å². The second-order valence-corrected chi connectivity index (χ2v) is 6.87. The molecule has 0 saturated heterocycles. The van der Waals surface area contributed by atoms with Crippen LogP contribution < -0.4 is 5.32 Å². The largest absolute Gasteiger partial charge is 0.357 e. The molecule has 0 spiro atoms. The van der Waals surface area contributed by atoms with Crippen molar-refractivity contribution in [1.29, 1.82) is 0 Å². The Kier molecular flexibility index (Phi) is 4.33. The van der Waals surface area contributed by atoms with Gasteiger partial charge < -0.3 is 5.32 Å². The second kappa shape index (κ2) is 5.83. The first-order valence-electron chi connectivity index (χ1n) is 6.70. The number of hydrogen-bond donors (Lipinski definition) is 1. The number of anilines is 1. The van der Waals surface area contributed by atoms with Crippen molar-refractivity contribution in [3.63, 3.8) is 0 Å². The number of aromatic nitrogens is 2. The maximum absolute atomic E-state index is 4.50. The molecule has 1 N–H and O–H groups in total. The van der Waals surface area contributed by atoms with Crippen LogP contribution in [-0.4, -0.2) is 17.0 Å². The molecule has 106 valence electrons. The molecular formula is C16H21N3S. The van der Waals surface area contributed by atoms with E-state index in [1.54, 1.807) is 11.8 Å². The summed E-state index contributed by atoms with van der Waals surface area (Å²) in [5.74, 6) is 0.657. The fraction of sp³-hybridized carbons (Fsp3) is 0.375. The van der Waals surface area contributed by atoms with Crippen molar-refractivity contribution in [2.75, 3.05) is 12.4 Å². The minimum absolute atomic E-state index is 0.188. The van der Waals surface area contributed by atoms with E-state index in [9.17, 15) is 0 Å². The smallest absolute Gasteiger partial charge is 0.223 e. The molecular weight excluding hydrogens is 266 g/mol. The summed E-state index contributed by atoms with van der Waals surface area (Å²) >= 11 is 1.67. The lowest BCUT2D eigenvalue weighted by atomic mass is 9.87. The van der Waals surface area contributed by atoms with Gasteiger partial charge in [-0.25, -0.2) is 9.97 Å². The van der Waals surface area contributed by atoms with E-state index in [1.165, 1.54) is 10.5 Å². The van der Waals surface area contributed by atoms with Crippen molar-refractivity contribution in [2.45, 2.75) is 43.0 Å². The fourth-order valence-electron chi connectivity index (χ4n) is 1.78. The highest BCUT2D eigenvalue weighted by atomic mass is 32.2. The number of hydrogen-bond acceptors (Lipinski definition) is 4. The Balaban J connectivity index is 2.22. The van der Waals surface area contributed by atoms with Crippen LogP contribution in [0.4, 0.5) is 5.95 Å². The predicted molar refractivity (Wildman–Crippen MR) is 85.6 cm³/mol. The van der Waals surface area contributed by atoms with Crippen molar-refractivity contribution in [3.05, 3.63) is 41.6 Å². The summed E-state index contributed by atoms with van der Waals surface area (Å²) < 4.78 is 0. The van der Waals surface area contributed by atoms with Crippen molar-refractivity contribution < 1.29 is 0 Å². The molecule has 0 amide bonds. The molecule has 0 atom stereocenters. The molecule has 0 saturated carbocycles. The zero-order valence-electron chi connectivity index (χ0n) is 12.7. The van der Waals surface area contributed by atoms with Gasteiger partial charge in [0.1, 0.15) is 5.03 Å². The van der Waals surface area contributed by atoms with Gasteiger partial charge in [0.25, 0.3) is 0 Å². The van der Waals surface area contributed by atoms with Gasteiger partial charge in [0, 0.05) is 23.7 Å². The first-order valence-corrected chi connectivity index (χ1v) is 7.51. The number of nitrogens with one attached hydrogen (secondary N) is 1. The first kappa shape index (κ1) is 14.9. The number of benzene rings is 1. The third-order valence-electron chi connectivity index (χ3n) is 3.08. The van der Waals surface area contributed by atoms with Crippen molar-refractivity contribution in [2.24, 2.45) is 0 Å². The second-order valence-electron chi connectivity index (χ2n) is 5.81. The Hall–Kier alpha value is -1.55. The van der Waals surface area contributed by atoms with Crippen LogP contribution >= 0.6 is 11.8 Å². The maximum Gasteiger partial charge on any atom is 0.223 e.